The van der Waals surface area contributed by atoms with Crippen molar-refractivity contribution in [1.29, 1.82) is 0 Å². The van der Waals surface area contributed by atoms with Crippen molar-refractivity contribution >= 4 is 11.8 Å². The van der Waals surface area contributed by atoms with E-state index in [1.165, 1.54) is 0 Å². The summed E-state index contributed by atoms with van der Waals surface area (Å²) in [6.07, 6.45) is 0. The summed E-state index contributed by atoms with van der Waals surface area (Å²) in [6, 6.07) is 15.1. The molecule has 5 nitrogen and oxygen atoms in total. The molecule has 2 rings (SSSR count). The molecule has 0 bridgehead atoms. The van der Waals surface area contributed by atoms with Crippen LogP contribution in [0.25, 0.3) is 0 Å². The van der Waals surface area contributed by atoms with Crippen LogP contribution in [0.1, 0.15) is 65.2 Å². The molecule has 32 heavy (non-hydrogen) atoms. The Morgan fingerprint density at radius 3 is 2.25 bits per heavy atom. The highest BCUT2D eigenvalue weighted by atomic mass is 16.5. The molecule has 0 aliphatic heterocycles. The third kappa shape index (κ3) is 7.40. The highest BCUT2D eigenvalue weighted by Gasteiger charge is 2.29. The Hall–Kier alpha value is -2.82. The highest BCUT2D eigenvalue weighted by Crippen LogP contribution is 2.31. The standard InChI is InChI=1S/C27H38N2O3/c1-19-12-11-13-21(16-19)17-29(20(2)25(31)28-27(6,7)8)24(30)18-32-23-15-10-9-14-22(23)26(3,4)5/h9-16,20H,17-18H2,1-8H3,(H,28,31)/t20-/m1/s1. The Bertz CT molecular complexity index is 938. The molecule has 0 saturated carbocycles. The monoisotopic (exact) mass is 438 g/mol. The van der Waals surface area contributed by atoms with Crippen LogP contribution in [0, 0.1) is 6.92 Å². The lowest BCUT2D eigenvalue weighted by Gasteiger charge is -2.31. The molecule has 0 heterocycles. The van der Waals surface area contributed by atoms with E-state index in [2.05, 4.69) is 26.1 Å². The van der Waals surface area contributed by atoms with E-state index in [4.69, 9.17) is 4.74 Å². The first-order valence-electron chi connectivity index (χ1n) is 11.2. The van der Waals surface area contributed by atoms with Gasteiger partial charge in [-0.25, -0.2) is 0 Å². The van der Waals surface area contributed by atoms with Crippen LogP contribution in [0.15, 0.2) is 48.5 Å². The number of benzene rings is 2. The van der Waals surface area contributed by atoms with E-state index in [-0.39, 0.29) is 29.4 Å². The largest absolute Gasteiger partial charge is 0.483 e. The van der Waals surface area contributed by atoms with Gasteiger partial charge in [0.15, 0.2) is 6.61 Å². The topological polar surface area (TPSA) is 58.6 Å². The van der Waals surface area contributed by atoms with Crippen LogP contribution in [0.4, 0.5) is 0 Å². The van der Waals surface area contributed by atoms with Crippen LogP contribution < -0.4 is 10.1 Å². The molecule has 0 unspecified atom stereocenters. The van der Waals surface area contributed by atoms with Crippen LogP contribution in [-0.4, -0.2) is 34.9 Å². The summed E-state index contributed by atoms with van der Waals surface area (Å²) in [7, 11) is 0. The maximum atomic E-state index is 13.3. The number of hydrogen-bond donors (Lipinski definition) is 1. The maximum Gasteiger partial charge on any atom is 0.261 e. The third-order valence-electron chi connectivity index (χ3n) is 5.15. The number of rotatable bonds is 7. The lowest BCUT2D eigenvalue weighted by Crippen LogP contribution is -2.53. The minimum absolute atomic E-state index is 0.110. The zero-order valence-electron chi connectivity index (χ0n) is 20.8. The molecule has 0 spiro atoms. The average Bonchev–Trinajstić information content (AvgIpc) is 2.68. The Balaban J connectivity index is 2.25. The molecule has 2 aromatic rings. The molecule has 0 aliphatic carbocycles. The normalized spacial score (nSPS) is 12.8. The van der Waals surface area contributed by atoms with Gasteiger partial charge >= 0.3 is 0 Å². The number of carbonyl (C=O) groups is 2. The molecule has 0 aromatic heterocycles. The van der Waals surface area contributed by atoms with Crippen molar-refractivity contribution in [1.82, 2.24) is 10.2 Å². The van der Waals surface area contributed by atoms with Crippen molar-refractivity contribution in [3.63, 3.8) is 0 Å². The summed E-state index contributed by atoms with van der Waals surface area (Å²) in [6.45, 7) is 16.1. The van der Waals surface area contributed by atoms with Crippen LogP contribution in [0.3, 0.4) is 0 Å². The SMILES string of the molecule is Cc1cccc(CN(C(=O)COc2ccccc2C(C)(C)C)[C@H](C)C(=O)NC(C)(C)C)c1. The lowest BCUT2D eigenvalue weighted by molar-refractivity contribution is -0.142. The molecule has 0 aliphatic rings. The Kier molecular flexibility index (Phi) is 8.11. The van der Waals surface area contributed by atoms with Gasteiger partial charge in [-0.05, 0) is 57.2 Å². The first kappa shape index (κ1) is 25.4. The molecule has 2 amide bonds. The van der Waals surface area contributed by atoms with Gasteiger partial charge in [0.25, 0.3) is 5.91 Å². The molecule has 2 aromatic carbocycles. The predicted octanol–water partition coefficient (Wildman–Crippen LogP) is 5.00. The summed E-state index contributed by atoms with van der Waals surface area (Å²) >= 11 is 0. The van der Waals surface area contributed by atoms with Gasteiger partial charge in [0.1, 0.15) is 11.8 Å². The van der Waals surface area contributed by atoms with E-state index >= 15 is 0 Å². The second-order valence-electron chi connectivity index (χ2n) is 10.5. The molecule has 0 saturated heterocycles. The molecular weight excluding hydrogens is 400 g/mol. The summed E-state index contributed by atoms with van der Waals surface area (Å²) in [4.78, 5) is 27.8. The Labute approximate surface area is 193 Å². The summed E-state index contributed by atoms with van der Waals surface area (Å²) < 4.78 is 5.98. The third-order valence-corrected chi connectivity index (χ3v) is 5.15. The first-order valence-corrected chi connectivity index (χ1v) is 11.2. The smallest absolute Gasteiger partial charge is 0.261 e. The Morgan fingerprint density at radius 1 is 1.00 bits per heavy atom. The molecular formula is C27H38N2O3. The minimum atomic E-state index is -0.635. The van der Waals surface area contributed by atoms with Gasteiger partial charge in [-0.2, -0.15) is 0 Å². The van der Waals surface area contributed by atoms with Gasteiger partial charge in [-0.1, -0.05) is 68.8 Å². The minimum Gasteiger partial charge on any atom is -0.483 e. The van der Waals surface area contributed by atoms with Crippen molar-refractivity contribution in [2.75, 3.05) is 6.61 Å². The van der Waals surface area contributed by atoms with E-state index in [1.807, 2.05) is 76.2 Å². The number of hydrogen-bond acceptors (Lipinski definition) is 3. The number of nitrogens with one attached hydrogen (secondary N) is 1. The molecule has 0 radical (unpaired) electrons. The zero-order valence-corrected chi connectivity index (χ0v) is 20.8. The van der Waals surface area contributed by atoms with Crippen LogP contribution in [0.5, 0.6) is 5.75 Å². The van der Waals surface area contributed by atoms with Crippen molar-refractivity contribution in [2.45, 2.75) is 78.9 Å². The van der Waals surface area contributed by atoms with Gasteiger partial charge in [-0.15, -0.1) is 0 Å². The first-order chi connectivity index (χ1) is 14.8. The Morgan fingerprint density at radius 2 is 1.66 bits per heavy atom. The van der Waals surface area contributed by atoms with Crippen molar-refractivity contribution < 1.29 is 14.3 Å². The number of aryl methyl sites for hydroxylation is 1. The lowest BCUT2D eigenvalue weighted by atomic mass is 9.86. The summed E-state index contributed by atoms with van der Waals surface area (Å²) in [5, 5.41) is 2.98. The van der Waals surface area contributed by atoms with Crippen LogP contribution >= 0.6 is 0 Å². The van der Waals surface area contributed by atoms with E-state index in [0.717, 1.165) is 16.7 Å². The van der Waals surface area contributed by atoms with Gasteiger partial charge in [0, 0.05) is 12.1 Å². The summed E-state index contributed by atoms with van der Waals surface area (Å²) in [5.41, 5.74) is 2.63. The number of nitrogens with zero attached hydrogens (tertiary/aromatic N) is 1. The number of para-hydroxylation sites is 1. The van der Waals surface area contributed by atoms with Crippen LogP contribution in [-0.2, 0) is 21.5 Å². The van der Waals surface area contributed by atoms with Crippen molar-refractivity contribution in [3.05, 3.63) is 65.2 Å². The predicted molar refractivity (Wildman–Crippen MR) is 130 cm³/mol. The zero-order chi connectivity index (χ0) is 24.1. The highest BCUT2D eigenvalue weighted by molar-refractivity contribution is 5.88. The number of carbonyl (C=O) groups excluding carboxylic acids is 2. The summed E-state index contributed by atoms with van der Waals surface area (Å²) in [5.74, 6) is 0.274. The number of amides is 2. The van der Waals surface area contributed by atoms with E-state index in [9.17, 15) is 9.59 Å². The fourth-order valence-electron chi connectivity index (χ4n) is 3.50. The second-order valence-corrected chi connectivity index (χ2v) is 10.5. The van der Waals surface area contributed by atoms with E-state index in [0.29, 0.717) is 12.3 Å². The second kappa shape index (κ2) is 10.2. The molecule has 5 heteroatoms. The average molecular weight is 439 g/mol. The molecule has 1 atom stereocenters. The van der Waals surface area contributed by atoms with Gasteiger partial charge in [0.05, 0.1) is 0 Å². The fraction of sp³-hybridized carbons (Fsp3) is 0.481. The van der Waals surface area contributed by atoms with E-state index < -0.39 is 6.04 Å². The molecule has 174 valence electrons. The molecule has 0 fully saturated rings. The fourth-order valence-corrected chi connectivity index (χ4v) is 3.50. The number of ether oxygens (including phenoxy) is 1. The van der Waals surface area contributed by atoms with Gasteiger partial charge < -0.3 is 15.0 Å². The quantitative estimate of drug-likeness (QED) is 0.662. The van der Waals surface area contributed by atoms with Gasteiger partial charge in [-0.3, -0.25) is 9.59 Å². The van der Waals surface area contributed by atoms with Crippen molar-refractivity contribution in [3.8, 4) is 5.75 Å². The van der Waals surface area contributed by atoms with Crippen molar-refractivity contribution in [2.24, 2.45) is 0 Å². The van der Waals surface area contributed by atoms with Gasteiger partial charge in [0.2, 0.25) is 5.91 Å². The van der Waals surface area contributed by atoms with E-state index in [1.54, 1.807) is 11.8 Å². The van der Waals surface area contributed by atoms with Crippen LogP contribution in [0.2, 0.25) is 0 Å². The molecule has 1 N–H and O–H groups in total. The maximum absolute atomic E-state index is 13.3.